The van der Waals surface area contributed by atoms with E-state index in [1.165, 1.54) is 0 Å². The van der Waals surface area contributed by atoms with Crippen LogP contribution in [0.2, 0.25) is 0 Å². The van der Waals surface area contributed by atoms with Crippen LogP contribution >= 0.6 is 11.8 Å². The average Bonchev–Trinajstić information content (AvgIpc) is 2.51. The standard InChI is InChI=1S/C10H17NO2S/c1-9(2)5-7(9)11-10(8(12)13)3-4-14-6-10/h7,11H,3-6H2,1-2H3,(H,12,13). The molecule has 2 rings (SSSR count). The zero-order chi connectivity index (χ0) is 10.4. The summed E-state index contributed by atoms with van der Waals surface area (Å²) >= 11 is 1.74. The predicted octanol–water partition coefficient (Wildman–Crippen LogP) is 1.33. The first kappa shape index (κ1) is 10.3. The van der Waals surface area contributed by atoms with Crippen LogP contribution in [0.15, 0.2) is 0 Å². The van der Waals surface area contributed by atoms with Crippen molar-refractivity contribution in [2.75, 3.05) is 11.5 Å². The number of hydrogen-bond acceptors (Lipinski definition) is 3. The molecule has 0 aromatic carbocycles. The fraction of sp³-hybridized carbons (Fsp3) is 0.900. The average molecular weight is 215 g/mol. The summed E-state index contributed by atoms with van der Waals surface area (Å²) in [4.78, 5) is 11.2. The molecule has 4 heteroatoms. The Morgan fingerprint density at radius 1 is 1.57 bits per heavy atom. The molecule has 2 aliphatic rings. The second-order valence-electron chi connectivity index (χ2n) is 5.08. The molecule has 1 saturated carbocycles. The van der Waals surface area contributed by atoms with E-state index in [1.807, 2.05) is 0 Å². The Kier molecular flexibility index (Phi) is 2.31. The predicted molar refractivity (Wildman–Crippen MR) is 57.6 cm³/mol. The third-order valence-electron chi connectivity index (χ3n) is 3.39. The minimum atomic E-state index is -0.676. The van der Waals surface area contributed by atoms with Crippen molar-refractivity contribution in [1.82, 2.24) is 5.32 Å². The lowest BCUT2D eigenvalue weighted by atomic mass is 9.98. The molecule has 0 radical (unpaired) electrons. The summed E-state index contributed by atoms with van der Waals surface area (Å²) in [6.45, 7) is 4.37. The van der Waals surface area contributed by atoms with Crippen molar-refractivity contribution in [3.05, 3.63) is 0 Å². The van der Waals surface area contributed by atoms with Crippen molar-refractivity contribution in [3.63, 3.8) is 0 Å². The minimum Gasteiger partial charge on any atom is -0.480 e. The highest BCUT2D eigenvalue weighted by molar-refractivity contribution is 7.99. The van der Waals surface area contributed by atoms with Crippen LogP contribution in [0, 0.1) is 5.41 Å². The maximum Gasteiger partial charge on any atom is 0.324 e. The topological polar surface area (TPSA) is 49.3 Å². The minimum absolute atomic E-state index is 0.301. The molecule has 0 aromatic rings. The van der Waals surface area contributed by atoms with Crippen molar-refractivity contribution in [3.8, 4) is 0 Å². The lowest BCUT2D eigenvalue weighted by molar-refractivity contribution is -0.143. The summed E-state index contributed by atoms with van der Waals surface area (Å²) < 4.78 is 0. The van der Waals surface area contributed by atoms with E-state index in [0.29, 0.717) is 11.5 Å². The highest BCUT2D eigenvalue weighted by atomic mass is 32.2. The van der Waals surface area contributed by atoms with Crippen LogP contribution in [0.5, 0.6) is 0 Å². The first-order valence-electron chi connectivity index (χ1n) is 5.05. The number of hydrogen-bond donors (Lipinski definition) is 2. The molecule has 1 aliphatic carbocycles. The highest BCUT2D eigenvalue weighted by Crippen LogP contribution is 2.46. The first-order valence-corrected chi connectivity index (χ1v) is 6.21. The lowest BCUT2D eigenvalue weighted by Crippen LogP contribution is -2.54. The second kappa shape index (κ2) is 3.14. The van der Waals surface area contributed by atoms with E-state index in [0.717, 1.165) is 24.3 Å². The van der Waals surface area contributed by atoms with Crippen LogP contribution in [-0.4, -0.2) is 34.2 Å². The Labute approximate surface area is 88.6 Å². The Morgan fingerprint density at radius 3 is 2.57 bits per heavy atom. The van der Waals surface area contributed by atoms with Gasteiger partial charge in [0.1, 0.15) is 5.54 Å². The van der Waals surface area contributed by atoms with E-state index >= 15 is 0 Å². The van der Waals surface area contributed by atoms with Gasteiger partial charge in [-0.1, -0.05) is 13.8 Å². The van der Waals surface area contributed by atoms with Gasteiger partial charge >= 0.3 is 5.97 Å². The summed E-state index contributed by atoms with van der Waals surface area (Å²) in [6.07, 6.45) is 1.87. The maximum atomic E-state index is 11.2. The number of carboxylic acid groups (broad SMARTS) is 1. The van der Waals surface area contributed by atoms with Crippen molar-refractivity contribution in [2.24, 2.45) is 5.41 Å². The molecule has 1 heterocycles. The molecular weight excluding hydrogens is 198 g/mol. The number of carbonyl (C=O) groups is 1. The van der Waals surface area contributed by atoms with Gasteiger partial charge in [-0.05, 0) is 24.0 Å². The normalized spacial score (nSPS) is 39.7. The van der Waals surface area contributed by atoms with Crippen LogP contribution < -0.4 is 5.32 Å². The molecule has 0 amide bonds. The molecule has 14 heavy (non-hydrogen) atoms. The molecule has 2 atom stereocenters. The Morgan fingerprint density at radius 2 is 2.21 bits per heavy atom. The van der Waals surface area contributed by atoms with E-state index in [4.69, 9.17) is 0 Å². The monoisotopic (exact) mass is 215 g/mol. The highest BCUT2D eigenvalue weighted by Gasteiger charge is 2.52. The van der Waals surface area contributed by atoms with E-state index in [1.54, 1.807) is 11.8 Å². The Hall–Kier alpha value is -0.220. The third-order valence-corrected chi connectivity index (χ3v) is 4.58. The lowest BCUT2D eigenvalue weighted by Gasteiger charge is -2.25. The van der Waals surface area contributed by atoms with Gasteiger partial charge in [-0.25, -0.2) is 0 Å². The summed E-state index contributed by atoms with van der Waals surface area (Å²) in [5, 5.41) is 12.6. The van der Waals surface area contributed by atoms with Gasteiger partial charge in [0.25, 0.3) is 0 Å². The second-order valence-corrected chi connectivity index (χ2v) is 6.18. The molecule has 3 nitrogen and oxygen atoms in total. The fourth-order valence-corrected chi connectivity index (χ4v) is 3.29. The Balaban J connectivity index is 2.02. The van der Waals surface area contributed by atoms with Gasteiger partial charge in [-0.15, -0.1) is 0 Å². The first-order chi connectivity index (χ1) is 6.46. The molecule has 0 aromatic heterocycles. The van der Waals surface area contributed by atoms with Crippen LogP contribution in [0.4, 0.5) is 0 Å². The molecule has 0 spiro atoms. The molecule has 1 saturated heterocycles. The van der Waals surface area contributed by atoms with E-state index in [2.05, 4.69) is 19.2 Å². The maximum absolute atomic E-state index is 11.2. The van der Waals surface area contributed by atoms with Gasteiger partial charge in [0.15, 0.2) is 0 Å². The van der Waals surface area contributed by atoms with Crippen molar-refractivity contribution in [1.29, 1.82) is 0 Å². The van der Waals surface area contributed by atoms with Crippen molar-refractivity contribution < 1.29 is 9.90 Å². The van der Waals surface area contributed by atoms with Gasteiger partial charge in [-0.2, -0.15) is 11.8 Å². The summed E-state index contributed by atoms with van der Waals surface area (Å²) in [5.41, 5.74) is -0.335. The summed E-state index contributed by atoms with van der Waals surface area (Å²) in [6, 6.07) is 0.400. The van der Waals surface area contributed by atoms with E-state index in [9.17, 15) is 9.90 Å². The molecule has 0 bridgehead atoms. The molecule has 80 valence electrons. The van der Waals surface area contributed by atoms with Gasteiger partial charge in [-0.3, -0.25) is 10.1 Å². The number of rotatable bonds is 3. The Bertz CT molecular complexity index is 259. The summed E-state index contributed by atoms with van der Waals surface area (Å²) in [7, 11) is 0. The molecule has 1 aliphatic heterocycles. The van der Waals surface area contributed by atoms with Crippen LogP contribution in [0.25, 0.3) is 0 Å². The number of thioether (sulfide) groups is 1. The van der Waals surface area contributed by atoms with Gasteiger partial charge in [0.2, 0.25) is 0 Å². The van der Waals surface area contributed by atoms with Gasteiger partial charge in [0, 0.05) is 11.8 Å². The smallest absolute Gasteiger partial charge is 0.324 e. The molecular formula is C10H17NO2S. The van der Waals surface area contributed by atoms with Crippen molar-refractivity contribution in [2.45, 2.75) is 38.3 Å². The fourth-order valence-electron chi connectivity index (χ4n) is 1.96. The largest absolute Gasteiger partial charge is 0.480 e. The SMILES string of the molecule is CC1(C)CC1NC1(C(=O)O)CCSC1. The number of aliphatic carboxylic acids is 1. The molecule has 2 fully saturated rings. The van der Waals surface area contributed by atoms with Crippen LogP contribution in [0.1, 0.15) is 26.7 Å². The number of carboxylic acids is 1. The molecule has 2 unspecified atom stereocenters. The van der Waals surface area contributed by atoms with Crippen LogP contribution in [0.3, 0.4) is 0 Å². The quantitative estimate of drug-likeness (QED) is 0.746. The van der Waals surface area contributed by atoms with Crippen LogP contribution in [-0.2, 0) is 4.79 Å². The van der Waals surface area contributed by atoms with Crippen molar-refractivity contribution >= 4 is 17.7 Å². The van der Waals surface area contributed by atoms with E-state index in [-0.39, 0.29) is 0 Å². The molecule has 2 N–H and O–H groups in total. The van der Waals surface area contributed by atoms with Gasteiger partial charge in [0.05, 0.1) is 0 Å². The third kappa shape index (κ3) is 1.65. The van der Waals surface area contributed by atoms with E-state index < -0.39 is 11.5 Å². The number of nitrogens with one attached hydrogen (secondary N) is 1. The van der Waals surface area contributed by atoms with Gasteiger partial charge < -0.3 is 5.11 Å². The summed E-state index contributed by atoms with van der Waals surface area (Å²) in [5.74, 6) is 1.01. The zero-order valence-corrected chi connectivity index (χ0v) is 9.49. The zero-order valence-electron chi connectivity index (χ0n) is 8.67.